The number of rotatable bonds is 4. The average Bonchev–Trinajstić information content (AvgIpc) is 2.65. The van der Waals surface area contributed by atoms with Crippen LogP contribution in [0.25, 0.3) is 0 Å². The number of piperidine rings is 1. The molecular formula is C13H27N5. The average molecular weight is 253 g/mol. The minimum Gasteiger partial charge on any atom is -0.370 e. The zero-order valence-electron chi connectivity index (χ0n) is 12.0. The zero-order valence-corrected chi connectivity index (χ0v) is 12.0. The van der Waals surface area contributed by atoms with Gasteiger partial charge in [0, 0.05) is 26.2 Å². The van der Waals surface area contributed by atoms with Gasteiger partial charge in [-0.1, -0.05) is 6.92 Å². The molecule has 0 bridgehead atoms. The zero-order chi connectivity index (χ0) is 13.2. The van der Waals surface area contributed by atoms with E-state index >= 15 is 0 Å². The summed E-state index contributed by atoms with van der Waals surface area (Å²) in [5.41, 5.74) is 6.30. The molecule has 0 radical (unpaired) electrons. The number of aliphatic imine (C=N–C) groups is 1. The summed E-state index contributed by atoms with van der Waals surface area (Å²) in [6.07, 6.45) is 2.39. The second kappa shape index (κ2) is 5.45. The number of nitrogens with two attached hydrogens (primary N) is 1. The third-order valence-corrected chi connectivity index (χ3v) is 4.39. The standard InChI is InChI=1S/C13H27N5/c1-4-17-7-5-13(6-8-17)11-15-12(14)18(13)10-9-16(2)3/h4-11H2,1-3H3,(H2,14,15). The van der Waals surface area contributed by atoms with Gasteiger partial charge in [-0.2, -0.15) is 0 Å². The summed E-state index contributed by atoms with van der Waals surface area (Å²) in [5.74, 6) is 0.752. The fourth-order valence-electron chi connectivity index (χ4n) is 3.01. The van der Waals surface area contributed by atoms with Crippen LogP contribution >= 0.6 is 0 Å². The van der Waals surface area contributed by atoms with Crippen LogP contribution in [-0.4, -0.2) is 79.6 Å². The van der Waals surface area contributed by atoms with Gasteiger partial charge in [0.1, 0.15) is 0 Å². The molecule has 2 N–H and O–H groups in total. The largest absolute Gasteiger partial charge is 0.370 e. The molecule has 2 aliphatic rings. The second-order valence-corrected chi connectivity index (χ2v) is 5.79. The Bertz CT molecular complexity index is 305. The number of guanidine groups is 1. The predicted octanol–water partition coefficient (Wildman–Crippen LogP) is 0.0328. The molecule has 0 atom stereocenters. The molecule has 104 valence electrons. The summed E-state index contributed by atoms with van der Waals surface area (Å²) in [4.78, 5) is 11.6. The third kappa shape index (κ3) is 2.62. The van der Waals surface area contributed by atoms with Crippen molar-refractivity contribution in [2.24, 2.45) is 10.7 Å². The molecule has 0 amide bonds. The first-order valence-electron chi connectivity index (χ1n) is 7.02. The van der Waals surface area contributed by atoms with Gasteiger partial charge >= 0.3 is 0 Å². The first kappa shape index (κ1) is 13.6. The van der Waals surface area contributed by atoms with Crippen LogP contribution in [0.15, 0.2) is 4.99 Å². The quantitative estimate of drug-likeness (QED) is 0.768. The van der Waals surface area contributed by atoms with E-state index in [2.05, 4.69) is 40.7 Å². The molecule has 0 saturated carbocycles. The monoisotopic (exact) mass is 253 g/mol. The number of nitrogens with zero attached hydrogens (tertiary/aromatic N) is 4. The van der Waals surface area contributed by atoms with E-state index in [0.29, 0.717) is 0 Å². The minimum absolute atomic E-state index is 0.214. The third-order valence-electron chi connectivity index (χ3n) is 4.39. The summed E-state index contributed by atoms with van der Waals surface area (Å²) in [7, 11) is 4.21. The van der Waals surface area contributed by atoms with Gasteiger partial charge in [-0.25, -0.2) is 0 Å². The lowest BCUT2D eigenvalue weighted by Gasteiger charge is -2.45. The first-order valence-corrected chi connectivity index (χ1v) is 7.02. The van der Waals surface area contributed by atoms with E-state index in [-0.39, 0.29) is 5.54 Å². The highest BCUT2D eigenvalue weighted by Crippen LogP contribution is 2.32. The van der Waals surface area contributed by atoms with Crippen LogP contribution in [0.2, 0.25) is 0 Å². The molecule has 2 heterocycles. The SMILES string of the molecule is CCN1CCC2(CC1)CN=C(N)N2CCN(C)C. The predicted molar refractivity (Wildman–Crippen MR) is 75.8 cm³/mol. The van der Waals surface area contributed by atoms with E-state index in [1.54, 1.807) is 0 Å². The Balaban J connectivity index is 1.99. The van der Waals surface area contributed by atoms with Gasteiger partial charge in [-0.3, -0.25) is 4.99 Å². The summed E-state index contributed by atoms with van der Waals surface area (Å²) >= 11 is 0. The highest BCUT2D eigenvalue weighted by atomic mass is 15.4. The number of likely N-dealkylation sites (tertiary alicyclic amines) is 1. The molecule has 0 aromatic rings. The summed E-state index contributed by atoms with van der Waals surface area (Å²) < 4.78 is 0. The van der Waals surface area contributed by atoms with E-state index in [9.17, 15) is 0 Å². The van der Waals surface area contributed by atoms with Gasteiger partial charge in [0.05, 0.1) is 12.1 Å². The summed E-state index contributed by atoms with van der Waals surface area (Å²) in [6, 6.07) is 0. The van der Waals surface area contributed by atoms with Crippen molar-refractivity contribution in [3.8, 4) is 0 Å². The summed E-state index contributed by atoms with van der Waals surface area (Å²) in [5, 5.41) is 0. The maximum Gasteiger partial charge on any atom is 0.191 e. The van der Waals surface area contributed by atoms with Crippen molar-refractivity contribution < 1.29 is 0 Å². The summed E-state index contributed by atoms with van der Waals surface area (Å²) in [6.45, 7) is 8.68. The highest BCUT2D eigenvalue weighted by molar-refractivity contribution is 5.81. The number of hydrogen-bond acceptors (Lipinski definition) is 5. The number of likely N-dealkylation sites (N-methyl/N-ethyl adjacent to an activating group) is 1. The molecule has 0 aliphatic carbocycles. The Morgan fingerprint density at radius 2 is 2.00 bits per heavy atom. The van der Waals surface area contributed by atoms with E-state index < -0.39 is 0 Å². The first-order chi connectivity index (χ1) is 8.57. The molecule has 0 unspecified atom stereocenters. The maximum atomic E-state index is 6.08. The van der Waals surface area contributed by atoms with Gasteiger partial charge in [0.15, 0.2) is 5.96 Å². The normalized spacial score (nSPS) is 24.0. The molecule has 0 aromatic carbocycles. The lowest BCUT2D eigenvalue weighted by Crippen LogP contribution is -2.58. The molecule has 18 heavy (non-hydrogen) atoms. The molecule has 2 rings (SSSR count). The van der Waals surface area contributed by atoms with Crippen molar-refractivity contribution in [2.75, 3.05) is 53.4 Å². The molecule has 5 heteroatoms. The Morgan fingerprint density at radius 3 is 2.56 bits per heavy atom. The van der Waals surface area contributed by atoms with Gasteiger partial charge in [0.2, 0.25) is 0 Å². The molecule has 1 fully saturated rings. The van der Waals surface area contributed by atoms with Gasteiger partial charge in [-0.15, -0.1) is 0 Å². The lowest BCUT2D eigenvalue weighted by molar-refractivity contribution is 0.0847. The van der Waals surface area contributed by atoms with Crippen molar-refractivity contribution in [3.05, 3.63) is 0 Å². The van der Waals surface area contributed by atoms with Crippen molar-refractivity contribution in [1.82, 2.24) is 14.7 Å². The van der Waals surface area contributed by atoms with Crippen LogP contribution in [0.3, 0.4) is 0 Å². The van der Waals surface area contributed by atoms with Crippen LogP contribution in [0.1, 0.15) is 19.8 Å². The molecule has 0 aromatic heterocycles. The Hall–Kier alpha value is -0.810. The van der Waals surface area contributed by atoms with Gasteiger partial charge < -0.3 is 20.4 Å². The maximum absolute atomic E-state index is 6.08. The fraction of sp³-hybridized carbons (Fsp3) is 0.923. The van der Waals surface area contributed by atoms with Crippen LogP contribution in [0.5, 0.6) is 0 Å². The minimum atomic E-state index is 0.214. The van der Waals surface area contributed by atoms with Crippen LogP contribution in [0, 0.1) is 0 Å². The van der Waals surface area contributed by atoms with Crippen molar-refractivity contribution in [3.63, 3.8) is 0 Å². The highest BCUT2D eigenvalue weighted by Gasteiger charge is 2.43. The van der Waals surface area contributed by atoms with Crippen LogP contribution in [-0.2, 0) is 0 Å². The Kier molecular flexibility index (Phi) is 4.12. The van der Waals surface area contributed by atoms with E-state index in [4.69, 9.17) is 5.73 Å². The van der Waals surface area contributed by atoms with Crippen molar-refractivity contribution in [2.45, 2.75) is 25.3 Å². The van der Waals surface area contributed by atoms with E-state index in [0.717, 1.165) is 32.1 Å². The topological polar surface area (TPSA) is 48.1 Å². The molecule has 1 saturated heterocycles. The lowest BCUT2D eigenvalue weighted by atomic mass is 9.86. The van der Waals surface area contributed by atoms with Gasteiger partial charge in [-0.05, 0) is 33.5 Å². The van der Waals surface area contributed by atoms with E-state index in [1.165, 1.54) is 25.9 Å². The second-order valence-electron chi connectivity index (χ2n) is 5.79. The van der Waals surface area contributed by atoms with Crippen LogP contribution < -0.4 is 5.73 Å². The molecule has 1 spiro atoms. The Morgan fingerprint density at radius 1 is 1.33 bits per heavy atom. The number of hydrogen-bond donors (Lipinski definition) is 1. The van der Waals surface area contributed by atoms with Crippen molar-refractivity contribution in [1.29, 1.82) is 0 Å². The van der Waals surface area contributed by atoms with E-state index in [1.807, 2.05) is 0 Å². The molecular weight excluding hydrogens is 226 g/mol. The smallest absolute Gasteiger partial charge is 0.191 e. The van der Waals surface area contributed by atoms with Crippen molar-refractivity contribution >= 4 is 5.96 Å². The molecule has 2 aliphatic heterocycles. The van der Waals surface area contributed by atoms with Gasteiger partial charge in [0.25, 0.3) is 0 Å². The van der Waals surface area contributed by atoms with Crippen LogP contribution in [0.4, 0.5) is 0 Å². The molecule has 5 nitrogen and oxygen atoms in total. The Labute approximate surface area is 111 Å². The fourth-order valence-corrected chi connectivity index (χ4v) is 3.01.